The molecule has 0 saturated carbocycles. The molecule has 0 aliphatic carbocycles. The van der Waals surface area contributed by atoms with E-state index in [1.165, 1.54) is 18.2 Å². The van der Waals surface area contributed by atoms with Gasteiger partial charge >= 0.3 is 12.2 Å². The number of urea groups is 1. The third-order valence-corrected chi connectivity index (χ3v) is 5.41. The Hall–Kier alpha value is -3.01. The van der Waals surface area contributed by atoms with Gasteiger partial charge in [-0.3, -0.25) is 15.1 Å². The number of halogens is 6. The molecule has 1 heterocycles. The van der Waals surface area contributed by atoms with Crippen molar-refractivity contribution in [2.45, 2.75) is 12.6 Å². The van der Waals surface area contributed by atoms with Crippen LogP contribution in [0.25, 0.3) is 0 Å². The second-order valence-corrected chi connectivity index (χ2v) is 8.11. The topological polar surface area (TPSA) is 80.3 Å². The fraction of sp³-hybridized carbons (Fsp3) is 0.136. The molecule has 2 aromatic carbocycles. The predicted molar refractivity (Wildman–Crippen MR) is 123 cm³/mol. The Morgan fingerprint density at radius 2 is 1.65 bits per heavy atom. The average molecular weight is 533 g/mol. The third-order valence-electron chi connectivity index (χ3n) is 4.34. The molecule has 1 aromatic heterocycles. The number of alkyl halides is 3. The van der Waals surface area contributed by atoms with E-state index in [1.807, 2.05) is 0 Å². The highest BCUT2D eigenvalue weighted by Crippen LogP contribution is 2.31. The van der Waals surface area contributed by atoms with Gasteiger partial charge in [-0.25, -0.2) is 4.79 Å². The Kier molecular flexibility index (Phi) is 8.24. The lowest BCUT2D eigenvalue weighted by Gasteiger charge is -2.10. The molecular formula is C22H15Cl3F3N3O3. The van der Waals surface area contributed by atoms with Crippen molar-refractivity contribution < 1.29 is 27.5 Å². The van der Waals surface area contributed by atoms with Crippen LogP contribution in [-0.2, 0) is 17.4 Å². The highest BCUT2D eigenvalue weighted by molar-refractivity contribution is 6.42. The lowest BCUT2D eigenvalue weighted by Crippen LogP contribution is -2.37. The zero-order chi connectivity index (χ0) is 24.9. The molecule has 0 spiro atoms. The summed E-state index contributed by atoms with van der Waals surface area (Å²) in [4.78, 5) is 27.6. The fourth-order valence-electron chi connectivity index (χ4n) is 2.70. The molecule has 0 aliphatic rings. The number of carbonyl (C=O) groups is 2. The molecule has 178 valence electrons. The normalized spacial score (nSPS) is 11.1. The van der Waals surface area contributed by atoms with Crippen molar-refractivity contribution in [1.82, 2.24) is 10.3 Å². The molecule has 2 N–H and O–H groups in total. The molecule has 12 heteroatoms. The maximum absolute atomic E-state index is 12.7. The van der Waals surface area contributed by atoms with E-state index in [-0.39, 0.29) is 22.2 Å². The molecule has 0 atom stereocenters. The van der Waals surface area contributed by atoms with Crippen molar-refractivity contribution in [3.63, 3.8) is 0 Å². The highest BCUT2D eigenvalue weighted by Gasteiger charge is 2.31. The monoisotopic (exact) mass is 531 g/mol. The number of pyridine rings is 1. The lowest BCUT2D eigenvalue weighted by molar-refractivity contribution is -0.137. The number of ether oxygens (including phenoxy) is 1. The zero-order valence-corrected chi connectivity index (χ0v) is 19.3. The summed E-state index contributed by atoms with van der Waals surface area (Å²) in [5.41, 5.74) is 0.426. The van der Waals surface area contributed by atoms with Gasteiger partial charge in [-0.1, -0.05) is 46.9 Å². The Labute approximate surface area is 207 Å². The molecule has 0 unspecified atom stereocenters. The molecule has 34 heavy (non-hydrogen) atoms. The summed E-state index contributed by atoms with van der Waals surface area (Å²) in [7, 11) is 0. The van der Waals surface area contributed by atoms with Gasteiger partial charge < -0.3 is 10.1 Å². The Morgan fingerprint density at radius 1 is 0.941 bits per heavy atom. The Balaban J connectivity index is 1.49. The summed E-state index contributed by atoms with van der Waals surface area (Å²) in [6.07, 6.45) is -3.59. The minimum Gasteiger partial charge on any atom is -0.484 e. The van der Waals surface area contributed by atoms with Crippen LogP contribution in [-0.4, -0.2) is 23.5 Å². The second-order valence-electron chi connectivity index (χ2n) is 6.89. The van der Waals surface area contributed by atoms with Crippen molar-refractivity contribution in [1.29, 1.82) is 0 Å². The van der Waals surface area contributed by atoms with Crippen LogP contribution in [0.5, 0.6) is 5.75 Å². The maximum atomic E-state index is 12.7. The first kappa shape index (κ1) is 25.6. The van der Waals surface area contributed by atoms with Gasteiger partial charge in [0.05, 0.1) is 26.3 Å². The van der Waals surface area contributed by atoms with Crippen molar-refractivity contribution in [2.24, 2.45) is 0 Å². The van der Waals surface area contributed by atoms with Gasteiger partial charge in [-0.05, 0) is 42.0 Å². The van der Waals surface area contributed by atoms with Gasteiger partial charge in [-0.15, -0.1) is 0 Å². The fourth-order valence-corrected chi connectivity index (χ4v) is 3.23. The van der Waals surface area contributed by atoms with E-state index in [0.717, 1.165) is 12.3 Å². The van der Waals surface area contributed by atoms with Gasteiger partial charge in [0.15, 0.2) is 6.61 Å². The van der Waals surface area contributed by atoms with Crippen LogP contribution in [0.3, 0.4) is 0 Å². The minimum absolute atomic E-state index is 0.0917. The van der Waals surface area contributed by atoms with Crippen molar-refractivity contribution in [3.05, 3.63) is 86.6 Å². The molecule has 0 aliphatic heterocycles. The number of aromatic nitrogens is 1. The van der Waals surface area contributed by atoms with Gasteiger partial charge in [-0.2, -0.15) is 13.2 Å². The minimum atomic E-state index is -4.52. The van der Waals surface area contributed by atoms with Crippen molar-refractivity contribution in [2.75, 3.05) is 11.9 Å². The van der Waals surface area contributed by atoms with E-state index in [2.05, 4.69) is 15.6 Å². The summed E-state index contributed by atoms with van der Waals surface area (Å²) in [6.45, 7) is -0.430. The first-order chi connectivity index (χ1) is 16.0. The van der Waals surface area contributed by atoms with E-state index in [4.69, 9.17) is 39.5 Å². The van der Waals surface area contributed by atoms with Gasteiger partial charge in [0, 0.05) is 18.3 Å². The smallest absolute Gasteiger partial charge is 0.417 e. The summed E-state index contributed by atoms with van der Waals surface area (Å²) in [6, 6.07) is 10.9. The Bertz CT molecular complexity index is 1210. The van der Waals surface area contributed by atoms with Gasteiger partial charge in [0.2, 0.25) is 0 Å². The van der Waals surface area contributed by atoms with Crippen LogP contribution in [0, 0.1) is 0 Å². The molecule has 0 bridgehead atoms. The lowest BCUT2D eigenvalue weighted by atomic mass is 10.1. The van der Waals surface area contributed by atoms with E-state index >= 15 is 0 Å². The van der Waals surface area contributed by atoms with Gasteiger partial charge in [0.25, 0.3) is 5.91 Å². The summed E-state index contributed by atoms with van der Waals surface area (Å²) in [5.74, 6) is -0.349. The van der Waals surface area contributed by atoms with Crippen LogP contribution in [0.1, 0.15) is 16.8 Å². The number of anilines is 1. The molecule has 0 saturated heterocycles. The number of nitrogens with one attached hydrogen (secondary N) is 2. The molecule has 3 rings (SSSR count). The number of benzene rings is 2. The number of imide groups is 1. The first-order valence-electron chi connectivity index (χ1n) is 9.50. The Morgan fingerprint density at radius 3 is 2.26 bits per heavy atom. The number of rotatable bonds is 6. The van der Waals surface area contributed by atoms with E-state index in [9.17, 15) is 22.8 Å². The zero-order valence-electron chi connectivity index (χ0n) is 17.1. The molecule has 3 amide bonds. The summed E-state index contributed by atoms with van der Waals surface area (Å²) in [5, 5.41) is 5.02. The first-order valence-corrected chi connectivity index (χ1v) is 10.6. The van der Waals surface area contributed by atoms with Crippen LogP contribution in [0.4, 0.5) is 23.7 Å². The van der Waals surface area contributed by atoms with Crippen molar-refractivity contribution in [3.8, 4) is 5.75 Å². The quantitative estimate of drug-likeness (QED) is 0.386. The number of hydrogen-bond donors (Lipinski definition) is 2. The standard InChI is InChI=1S/C22H15Cl3F3N3O3/c23-16-6-3-14(9-17(16)24)30-21(33)31-20(32)11-34-15-4-1-12(2-5-15)7-19-18(25)8-13(10-29-19)22(26,27)28/h1-6,8-10H,7,11H2,(H2,30,31,32,33). The third kappa shape index (κ3) is 7.24. The second kappa shape index (κ2) is 10.9. The largest absolute Gasteiger partial charge is 0.484 e. The number of hydrogen-bond acceptors (Lipinski definition) is 4. The van der Waals surface area contributed by atoms with Crippen LogP contribution < -0.4 is 15.4 Å². The average Bonchev–Trinajstić information content (AvgIpc) is 2.76. The van der Waals surface area contributed by atoms with Gasteiger partial charge in [0.1, 0.15) is 5.75 Å². The summed E-state index contributed by atoms with van der Waals surface area (Å²) >= 11 is 17.6. The molecule has 0 fully saturated rings. The number of carbonyl (C=O) groups excluding carboxylic acids is 2. The van der Waals surface area contributed by atoms with Crippen LogP contribution >= 0.6 is 34.8 Å². The highest BCUT2D eigenvalue weighted by atomic mass is 35.5. The number of amides is 3. The van der Waals surface area contributed by atoms with E-state index in [0.29, 0.717) is 22.0 Å². The molecule has 3 aromatic rings. The molecule has 0 radical (unpaired) electrons. The SMILES string of the molecule is O=C(COc1ccc(Cc2ncc(C(F)(F)F)cc2Cl)cc1)NC(=O)Nc1ccc(Cl)c(Cl)c1. The summed E-state index contributed by atoms with van der Waals surface area (Å²) < 4.78 is 43.5. The van der Waals surface area contributed by atoms with Crippen LogP contribution in [0.15, 0.2) is 54.7 Å². The van der Waals surface area contributed by atoms with E-state index in [1.54, 1.807) is 24.3 Å². The van der Waals surface area contributed by atoms with Crippen molar-refractivity contribution >= 4 is 52.4 Å². The molecular weight excluding hydrogens is 518 g/mol. The maximum Gasteiger partial charge on any atom is 0.417 e. The number of nitrogens with zero attached hydrogens (tertiary/aromatic N) is 1. The van der Waals surface area contributed by atoms with E-state index < -0.39 is 30.3 Å². The predicted octanol–water partition coefficient (Wildman–Crippen LogP) is 6.38. The molecule has 6 nitrogen and oxygen atoms in total. The van der Waals surface area contributed by atoms with Crippen LogP contribution in [0.2, 0.25) is 15.1 Å².